The zero-order valence-electron chi connectivity index (χ0n) is 15.7. The number of amides is 1. The molecule has 1 atom stereocenters. The Bertz CT molecular complexity index is 763. The molecule has 0 unspecified atom stereocenters. The van der Waals surface area contributed by atoms with E-state index < -0.39 is 6.10 Å². The van der Waals surface area contributed by atoms with Crippen LogP contribution in [0.5, 0.6) is 5.75 Å². The Hall–Kier alpha value is -2.57. The van der Waals surface area contributed by atoms with Gasteiger partial charge in [-0.3, -0.25) is 10.2 Å². The van der Waals surface area contributed by atoms with Crippen LogP contribution in [0.15, 0.2) is 48.5 Å². The number of carbonyl (C=O) groups excluding carboxylic acids is 1. The quantitative estimate of drug-likeness (QED) is 0.475. The van der Waals surface area contributed by atoms with Crippen molar-refractivity contribution in [1.82, 2.24) is 5.32 Å². The zero-order chi connectivity index (χ0) is 19.1. The van der Waals surface area contributed by atoms with E-state index in [9.17, 15) is 4.79 Å². The molecule has 2 aromatic rings. The maximum Gasteiger partial charge on any atom is 0.254 e. The second-order valence-corrected chi connectivity index (χ2v) is 6.18. The number of methoxy groups -OCH3 is 1. The summed E-state index contributed by atoms with van der Waals surface area (Å²) in [6, 6.07) is 14.5. The molecule has 2 aromatic carbocycles. The van der Waals surface area contributed by atoms with E-state index in [-0.39, 0.29) is 30.3 Å². The Kier molecular flexibility index (Phi) is 8.78. The summed E-state index contributed by atoms with van der Waals surface area (Å²) in [6.07, 6.45) is -0.666. The van der Waals surface area contributed by atoms with Crippen LogP contribution in [-0.2, 0) is 16.1 Å². The lowest BCUT2D eigenvalue weighted by Gasteiger charge is -2.17. The van der Waals surface area contributed by atoms with E-state index in [4.69, 9.17) is 20.6 Å². The van der Waals surface area contributed by atoms with Gasteiger partial charge >= 0.3 is 0 Å². The molecule has 0 aliphatic carbocycles. The van der Waals surface area contributed by atoms with Crippen molar-refractivity contribution in [2.24, 2.45) is 5.73 Å². The lowest BCUT2D eigenvalue weighted by Crippen LogP contribution is -2.30. The van der Waals surface area contributed by atoms with Crippen LogP contribution >= 0.6 is 12.4 Å². The van der Waals surface area contributed by atoms with Gasteiger partial charge in [0.15, 0.2) is 6.10 Å². The SMILES string of the molecule is CO[C@H](C(=O)NCc1ccc(C(=N)N)cc1)c1cccc(OC(C)C)c1.Cl. The molecule has 0 radical (unpaired) electrons. The van der Waals surface area contributed by atoms with Crippen molar-refractivity contribution < 1.29 is 14.3 Å². The Morgan fingerprint density at radius 2 is 1.85 bits per heavy atom. The summed E-state index contributed by atoms with van der Waals surface area (Å²) in [5.41, 5.74) is 7.73. The van der Waals surface area contributed by atoms with Crippen LogP contribution in [0, 0.1) is 5.41 Å². The highest BCUT2D eigenvalue weighted by Gasteiger charge is 2.20. The van der Waals surface area contributed by atoms with Gasteiger partial charge in [-0.1, -0.05) is 36.4 Å². The van der Waals surface area contributed by atoms with Crippen LogP contribution in [0.2, 0.25) is 0 Å². The fourth-order valence-electron chi connectivity index (χ4n) is 2.50. The highest BCUT2D eigenvalue weighted by Crippen LogP contribution is 2.23. The predicted molar refractivity (Wildman–Crippen MR) is 109 cm³/mol. The minimum atomic E-state index is -0.720. The molecule has 7 heteroatoms. The number of benzene rings is 2. The zero-order valence-corrected chi connectivity index (χ0v) is 16.5. The normalized spacial score (nSPS) is 11.4. The predicted octanol–water partition coefficient (Wildman–Crippen LogP) is 3.18. The number of hydrogen-bond donors (Lipinski definition) is 3. The first-order valence-electron chi connectivity index (χ1n) is 8.41. The molecule has 0 aliphatic heterocycles. The minimum Gasteiger partial charge on any atom is -0.491 e. The van der Waals surface area contributed by atoms with Gasteiger partial charge in [0.2, 0.25) is 0 Å². The minimum absolute atomic E-state index is 0. The van der Waals surface area contributed by atoms with E-state index in [0.717, 1.165) is 11.1 Å². The van der Waals surface area contributed by atoms with Gasteiger partial charge in [0, 0.05) is 19.2 Å². The Morgan fingerprint density at radius 1 is 1.19 bits per heavy atom. The van der Waals surface area contributed by atoms with Crippen LogP contribution in [0.3, 0.4) is 0 Å². The van der Waals surface area contributed by atoms with Gasteiger partial charge in [0.1, 0.15) is 11.6 Å². The summed E-state index contributed by atoms with van der Waals surface area (Å²) < 4.78 is 11.1. The van der Waals surface area contributed by atoms with Crippen LogP contribution in [0.4, 0.5) is 0 Å². The molecule has 0 bridgehead atoms. The van der Waals surface area contributed by atoms with Crippen molar-refractivity contribution in [3.63, 3.8) is 0 Å². The van der Waals surface area contributed by atoms with E-state index in [2.05, 4.69) is 5.32 Å². The largest absolute Gasteiger partial charge is 0.491 e. The van der Waals surface area contributed by atoms with Gasteiger partial charge in [-0.25, -0.2) is 0 Å². The number of halogens is 1. The summed E-state index contributed by atoms with van der Waals surface area (Å²) in [6.45, 7) is 4.26. The molecule has 6 nitrogen and oxygen atoms in total. The van der Waals surface area contributed by atoms with Crippen molar-refractivity contribution in [2.45, 2.75) is 32.6 Å². The molecule has 0 saturated carbocycles. The molecule has 0 heterocycles. The fraction of sp³-hybridized carbons (Fsp3) is 0.300. The molecule has 1 amide bonds. The summed E-state index contributed by atoms with van der Waals surface area (Å²) in [5.74, 6) is 0.487. The smallest absolute Gasteiger partial charge is 0.254 e. The first kappa shape index (κ1) is 22.5. The Labute approximate surface area is 166 Å². The van der Waals surface area contributed by atoms with Crippen LogP contribution in [0.1, 0.15) is 36.6 Å². The third kappa shape index (κ3) is 6.58. The topological polar surface area (TPSA) is 97.4 Å². The number of nitrogen functional groups attached to an aromatic ring is 1. The van der Waals surface area contributed by atoms with Gasteiger partial charge in [-0.2, -0.15) is 0 Å². The molecule has 2 rings (SSSR count). The van der Waals surface area contributed by atoms with Crippen molar-refractivity contribution in [3.8, 4) is 5.75 Å². The van der Waals surface area contributed by atoms with Gasteiger partial charge in [0.05, 0.1) is 6.10 Å². The van der Waals surface area contributed by atoms with E-state index in [1.807, 2.05) is 50.2 Å². The van der Waals surface area contributed by atoms with Gasteiger partial charge in [-0.15, -0.1) is 12.4 Å². The van der Waals surface area contributed by atoms with Crippen LogP contribution < -0.4 is 15.8 Å². The highest BCUT2D eigenvalue weighted by atomic mass is 35.5. The van der Waals surface area contributed by atoms with Crippen molar-refractivity contribution in [2.75, 3.05) is 7.11 Å². The third-order valence-electron chi connectivity index (χ3n) is 3.74. The molecular formula is C20H26ClN3O3. The van der Waals surface area contributed by atoms with Crippen LogP contribution in [0.25, 0.3) is 0 Å². The monoisotopic (exact) mass is 391 g/mol. The maximum atomic E-state index is 12.5. The lowest BCUT2D eigenvalue weighted by atomic mass is 10.1. The first-order valence-corrected chi connectivity index (χ1v) is 8.41. The number of hydrogen-bond acceptors (Lipinski definition) is 4. The molecule has 0 fully saturated rings. The third-order valence-corrected chi connectivity index (χ3v) is 3.74. The number of carbonyl (C=O) groups is 1. The van der Waals surface area contributed by atoms with E-state index in [1.165, 1.54) is 7.11 Å². The van der Waals surface area contributed by atoms with E-state index in [0.29, 0.717) is 17.9 Å². The number of ether oxygens (including phenoxy) is 2. The number of rotatable bonds is 8. The molecule has 0 aliphatic rings. The summed E-state index contributed by atoms with van der Waals surface area (Å²) in [5, 5.41) is 10.3. The first-order chi connectivity index (χ1) is 12.4. The Morgan fingerprint density at radius 3 is 2.41 bits per heavy atom. The fourth-order valence-corrected chi connectivity index (χ4v) is 2.50. The van der Waals surface area contributed by atoms with Crippen molar-refractivity contribution in [1.29, 1.82) is 5.41 Å². The molecule has 4 N–H and O–H groups in total. The highest BCUT2D eigenvalue weighted by molar-refractivity contribution is 5.94. The standard InChI is InChI=1S/C20H25N3O3.ClH/c1-13(2)26-17-6-4-5-16(11-17)18(25-3)20(24)23-12-14-7-9-15(10-8-14)19(21)22;/h4-11,13,18H,12H2,1-3H3,(H3,21,22)(H,23,24);1H/t18-;/m0./s1. The maximum absolute atomic E-state index is 12.5. The van der Waals surface area contributed by atoms with E-state index in [1.54, 1.807) is 12.1 Å². The molecular weight excluding hydrogens is 366 g/mol. The van der Waals surface area contributed by atoms with Crippen molar-refractivity contribution >= 4 is 24.1 Å². The Balaban J connectivity index is 0.00000364. The molecule has 146 valence electrons. The molecule has 0 saturated heterocycles. The van der Waals surface area contributed by atoms with Gasteiger partial charge in [0.25, 0.3) is 5.91 Å². The molecule has 0 spiro atoms. The van der Waals surface area contributed by atoms with Gasteiger partial charge in [-0.05, 0) is 37.1 Å². The summed E-state index contributed by atoms with van der Waals surface area (Å²) >= 11 is 0. The average molecular weight is 392 g/mol. The summed E-state index contributed by atoms with van der Waals surface area (Å²) in [4.78, 5) is 12.5. The van der Waals surface area contributed by atoms with Crippen molar-refractivity contribution in [3.05, 3.63) is 65.2 Å². The second-order valence-electron chi connectivity index (χ2n) is 6.18. The second kappa shape index (κ2) is 10.5. The van der Waals surface area contributed by atoms with Crippen LogP contribution in [-0.4, -0.2) is 25.0 Å². The molecule has 0 aromatic heterocycles. The number of nitrogens with two attached hydrogens (primary N) is 1. The summed E-state index contributed by atoms with van der Waals surface area (Å²) in [7, 11) is 1.50. The average Bonchev–Trinajstić information content (AvgIpc) is 2.60. The lowest BCUT2D eigenvalue weighted by molar-refractivity contribution is -0.131. The molecule has 27 heavy (non-hydrogen) atoms. The van der Waals surface area contributed by atoms with Gasteiger partial charge < -0.3 is 20.5 Å². The van der Waals surface area contributed by atoms with E-state index >= 15 is 0 Å². The number of amidine groups is 1. The number of nitrogens with one attached hydrogen (secondary N) is 2.